The first-order valence-corrected chi connectivity index (χ1v) is 14.0. The van der Waals surface area contributed by atoms with Gasteiger partial charge in [-0.15, -0.1) is 5.10 Å². The van der Waals surface area contributed by atoms with Gasteiger partial charge >= 0.3 is 12.2 Å². The Morgan fingerprint density at radius 3 is 2.38 bits per heavy atom. The maximum Gasteiger partial charge on any atom is 0.417 e. The second kappa shape index (κ2) is 14.3. The van der Waals surface area contributed by atoms with E-state index in [0.717, 1.165) is 61.7 Å². The number of nitriles is 1. The number of aromatic nitrogens is 3. The molecular weight excluding hydrogens is 555 g/mol. The Morgan fingerprint density at radius 1 is 1.05 bits per heavy atom. The van der Waals surface area contributed by atoms with Gasteiger partial charge in [-0.1, -0.05) is 30.9 Å². The second-order valence-electron chi connectivity index (χ2n) is 10.8. The summed E-state index contributed by atoms with van der Waals surface area (Å²) >= 11 is 0. The quantitative estimate of drug-likeness (QED) is 0.129. The van der Waals surface area contributed by atoms with Crippen LogP contribution >= 0.6 is 0 Å². The molecule has 11 nitrogen and oxygen atoms in total. The number of urea groups is 1. The van der Waals surface area contributed by atoms with Crippen LogP contribution < -0.4 is 10.4 Å². The van der Waals surface area contributed by atoms with Crippen molar-refractivity contribution < 1.29 is 32.8 Å². The predicted molar refractivity (Wildman–Crippen MR) is 145 cm³/mol. The van der Waals surface area contributed by atoms with Gasteiger partial charge < -0.3 is 4.90 Å². The van der Waals surface area contributed by atoms with Crippen molar-refractivity contribution in [3.8, 4) is 6.07 Å². The predicted octanol–water partition coefficient (Wildman–Crippen LogP) is 4.97. The van der Waals surface area contributed by atoms with Gasteiger partial charge in [0.05, 0.1) is 28.6 Å². The maximum atomic E-state index is 13.5. The Bertz CT molecular complexity index is 1300. The topological polar surface area (TPSA) is 144 Å². The van der Waals surface area contributed by atoms with Crippen molar-refractivity contribution in [3.05, 3.63) is 41.2 Å². The fourth-order valence-corrected chi connectivity index (χ4v) is 4.90. The molecule has 1 fully saturated rings. The number of nitrogens with zero attached hydrogens (tertiary/aromatic N) is 6. The summed E-state index contributed by atoms with van der Waals surface area (Å²) in [7, 11) is 0. The largest absolute Gasteiger partial charge is 0.417 e. The number of unbranched alkanes of at least 4 members (excludes halogenated alkanes) is 6. The first-order valence-electron chi connectivity index (χ1n) is 14.0. The number of hydrogen-bond donors (Lipinski definition) is 2. The fraction of sp³-hybridized carbons (Fsp3) is 0.571. The van der Waals surface area contributed by atoms with Crippen LogP contribution in [0.3, 0.4) is 0 Å². The minimum atomic E-state index is -4.81. The number of anilines is 1. The van der Waals surface area contributed by atoms with Gasteiger partial charge in [-0.05, 0) is 64.2 Å². The fourth-order valence-electron chi connectivity index (χ4n) is 4.90. The molecule has 1 aliphatic rings. The molecule has 0 saturated carbocycles. The van der Waals surface area contributed by atoms with E-state index >= 15 is 0 Å². The summed E-state index contributed by atoms with van der Waals surface area (Å²) in [4.78, 5) is 39.4. The van der Waals surface area contributed by atoms with Crippen LogP contribution in [0.5, 0.6) is 0 Å². The van der Waals surface area contributed by atoms with E-state index in [2.05, 4.69) is 10.3 Å². The molecule has 0 unspecified atom stereocenters. The van der Waals surface area contributed by atoms with E-state index in [9.17, 15) is 27.6 Å². The van der Waals surface area contributed by atoms with Crippen molar-refractivity contribution in [3.63, 3.8) is 0 Å². The summed E-state index contributed by atoms with van der Waals surface area (Å²) in [5.74, 6) is -1.000. The molecule has 14 heteroatoms. The molecule has 2 heterocycles. The van der Waals surface area contributed by atoms with Gasteiger partial charge in [-0.25, -0.2) is 15.2 Å². The first kappa shape index (κ1) is 32.5. The Morgan fingerprint density at radius 2 is 1.71 bits per heavy atom. The van der Waals surface area contributed by atoms with Crippen LogP contribution in [0.2, 0.25) is 0 Å². The summed E-state index contributed by atoms with van der Waals surface area (Å²) in [6.07, 6.45) is 4.93. The van der Waals surface area contributed by atoms with E-state index in [1.54, 1.807) is 24.0 Å². The van der Waals surface area contributed by atoms with Crippen molar-refractivity contribution in [2.24, 2.45) is 0 Å². The van der Waals surface area contributed by atoms with Crippen LogP contribution in [0.25, 0.3) is 0 Å². The molecule has 0 atom stereocenters. The van der Waals surface area contributed by atoms with Gasteiger partial charge in [-0.2, -0.15) is 18.4 Å². The summed E-state index contributed by atoms with van der Waals surface area (Å²) in [5.41, 5.74) is -0.830. The van der Waals surface area contributed by atoms with E-state index < -0.39 is 34.8 Å². The van der Waals surface area contributed by atoms with Crippen molar-refractivity contribution in [2.45, 2.75) is 96.3 Å². The Balaban J connectivity index is 1.45. The highest BCUT2D eigenvalue weighted by molar-refractivity contribution is 6.23. The summed E-state index contributed by atoms with van der Waals surface area (Å²) in [5, 5.41) is 25.9. The number of aryl methyl sites for hydroxylation is 2. The molecule has 0 bridgehead atoms. The number of carbonyl (C=O) groups excluding carboxylic acids is 3. The number of alkyl halides is 3. The lowest BCUT2D eigenvalue weighted by Crippen LogP contribution is -2.44. The molecule has 0 aliphatic carbocycles. The molecule has 2 aromatic rings. The number of benzene rings is 1. The van der Waals surface area contributed by atoms with Crippen LogP contribution in [-0.4, -0.2) is 55.0 Å². The SMILES string of the molecule is CC1(C)C(=O)N(c2ccc(C#N)c(C(F)(F)F)c2)C(=O)N1CCCCc1cn(CCCCCCCCC(=O)NO)nn1. The lowest BCUT2D eigenvalue weighted by molar-refractivity contribution is -0.137. The second-order valence-corrected chi connectivity index (χ2v) is 10.8. The van der Waals surface area contributed by atoms with Gasteiger partial charge in [0.15, 0.2) is 0 Å². The number of nitrogens with one attached hydrogen (secondary N) is 1. The zero-order chi connectivity index (χ0) is 30.9. The zero-order valence-corrected chi connectivity index (χ0v) is 23.8. The molecule has 228 valence electrons. The van der Waals surface area contributed by atoms with Gasteiger partial charge in [0, 0.05) is 25.7 Å². The molecule has 42 heavy (non-hydrogen) atoms. The molecule has 0 radical (unpaired) electrons. The van der Waals surface area contributed by atoms with E-state index in [0.29, 0.717) is 31.7 Å². The van der Waals surface area contributed by atoms with Gasteiger partial charge in [0.25, 0.3) is 5.91 Å². The lowest BCUT2D eigenvalue weighted by atomic mass is 10.0. The van der Waals surface area contributed by atoms with Crippen molar-refractivity contribution in [2.75, 3.05) is 11.4 Å². The van der Waals surface area contributed by atoms with Gasteiger partial charge in [0.1, 0.15) is 5.54 Å². The average Bonchev–Trinajstić information content (AvgIpc) is 3.46. The van der Waals surface area contributed by atoms with Crippen LogP contribution in [-0.2, 0) is 28.7 Å². The number of halogens is 3. The van der Waals surface area contributed by atoms with Crippen LogP contribution in [0.15, 0.2) is 24.4 Å². The molecular formula is C28H36F3N7O4. The molecule has 0 spiro atoms. The summed E-state index contributed by atoms with van der Waals surface area (Å²) in [6, 6.07) is 3.60. The normalized spacial score (nSPS) is 14.9. The van der Waals surface area contributed by atoms with E-state index in [1.165, 1.54) is 17.0 Å². The Kier molecular flexibility index (Phi) is 11.0. The minimum Gasteiger partial charge on any atom is -0.310 e. The zero-order valence-electron chi connectivity index (χ0n) is 23.8. The lowest BCUT2D eigenvalue weighted by Gasteiger charge is -2.27. The summed E-state index contributed by atoms with van der Waals surface area (Å²) < 4.78 is 42.2. The van der Waals surface area contributed by atoms with E-state index in [1.807, 2.05) is 6.20 Å². The number of amides is 4. The third-order valence-corrected chi connectivity index (χ3v) is 7.33. The smallest absolute Gasteiger partial charge is 0.310 e. The number of rotatable bonds is 15. The van der Waals surface area contributed by atoms with Gasteiger partial charge in [-0.3, -0.25) is 19.5 Å². The maximum absolute atomic E-state index is 13.5. The van der Waals surface area contributed by atoms with E-state index in [4.69, 9.17) is 10.5 Å². The number of hydrogen-bond acceptors (Lipinski definition) is 7. The molecule has 1 aliphatic heterocycles. The molecule has 4 amide bonds. The minimum absolute atomic E-state index is 0.226. The standard InChI is InChI=1S/C28H36F3N7O4/c1-27(2)25(40)38(22-14-13-20(18-32)23(17-22)28(29,30)31)26(41)37(27)16-10-8-11-21-19-36(35-33-21)15-9-6-4-3-5-7-12-24(39)34-42/h13-14,17,19,42H,3-12,15-16H2,1-2H3,(H,34,39). The number of imide groups is 1. The molecule has 3 rings (SSSR count). The highest BCUT2D eigenvalue weighted by atomic mass is 19.4. The van der Waals surface area contributed by atoms with Crippen molar-refractivity contribution in [1.29, 1.82) is 5.26 Å². The number of hydroxylamine groups is 1. The molecule has 1 aromatic heterocycles. The number of carbonyl (C=O) groups is 3. The van der Waals surface area contributed by atoms with Crippen LogP contribution in [0.1, 0.15) is 88.5 Å². The van der Waals surface area contributed by atoms with Crippen molar-refractivity contribution >= 4 is 23.5 Å². The molecule has 2 N–H and O–H groups in total. The molecule has 1 saturated heterocycles. The highest BCUT2D eigenvalue weighted by Crippen LogP contribution is 2.37. The van der Waals surface area contributed by atoms with Crippen LogP contribution in [0, 0.1) is 11.3 Å². The van der Waals surface area contributed by atoms with Crippen molar-refractivity contribution in [1.82, 2.24) is 25.4 Å². The third kappa shape index (κ3) is 8.06. The monoisotopic (exact) mass is 591 g/mol. The average molecular weight is 592 g/mol. The Hall–Kier alpha value is -3.99. The van der Waals surface area contributed by atoms with E-state index in [-0.39, 0.29) is 18.1 Å². The molecule has 1 aromatic carbocycles. The van der Waals surface area contributed by atoms with Gasteiger partial charge in [0.2, 0.25) is 5.91 Å². The Labute approximate surface area is 242 Å². The first-order chi connectivity index (χ1) is 19.9. The highest BCUT2D eigenvalue weighted by Gasteiger charge is 2.51. The third-order valence-electron chi connectivity index (χ3n) is 7.33. The summed E-state index contributed by atoms with van der Waals surface area (Å²) in [6.45, 7) is 4.08. The van der Waals surface area contributed by atoms with Crippen LogP contribution in [0.4, 0.5) is 23.7 Å².